The van der Waals surface area contributed by atoms with E-state index in [0.29, 0.717) is 18.7 Å². The second-order valence-electron chi connectivity index (χ2n) is 7.52. The first kappa shape index (κ1) is 17.7. The summed E-state index contributed by atoms with van der Waals surface area (Å²) in [6.45, 7) is 12.4. The van der Waals surface area contributed by atoms with Gasteiger partial charge >= 0.3 is 0 Å². The molecule has 0 N–H and O–H groups in total. The second kappa shape index (κ2) is 6.86. The van der Waals surface area contributed by atoms with Crippen molar-refractivity contribution >= 4 is 7.52 Å². The van der Waals surface area contributed by atoms with Crippen LogP contribution in [0, 0.1) is 11.3 Å². The summed E-state index contributed by atoms with van der Waals surface area (Å²) in [4.78, 5) is 0. The van der Waals surface area contributed by atoms with Crippen LogP contribution in [0.25, 0.3) is 0 Å². The molecule has 3 atom stereocenters. The fraction of sp³-hybridized carbons (Fsp3) is 0.667. The van der Waals surface area contributed by atoms with Crippen LogP contribution in [0.3, 0.4) is 0 Å². The van der Waals surface area contributed by atoms with Gasteiger partial charge in [-0.15, -0.1) is 0 Å². The van der Waals surface area contributed by atoms with Crippen molar-refractivity contribution in [3.63, 3.8) is 0 Å². The summed E-state index contributed by atoms with van der Waals surface area (Å²) in [5.74, 6) is 0.349. The molecule has 1 aliphatic heterocycles. The Hall–Kier alpha value is -0.630. The molecular weight excluding hydrogens is 293 g/mol. The summed E-state index contributed by atoms with van der Waals surface area (Å²) in [6.07, 6.45) is 1.58. The molecule has 1 aromatic carbocycles. The first-order chi connectivity index (χ1) is 10.2. The van der Waals surface area contributed by atoms with E-state index in [1.165, 1.54) is 5.56 Å². The van der Waals surface area contributed by atoms with Crippen LogP contribution in [0.2, 0.25) is 0 Å². The average Bonchev–Trinajstić information content (AvgIpc) is 2.46. The molecule has 1 fully saturated rings. The highest BCUT2D eigenvalue weighted by atomic mass is 31.2. The molecule has 0 saturated carbocycles. The molecular formula is C18H30NO2P. The van der Waals surface area contributed by atoms with Crippen molar-refractivity contribution < 1.29 is 9.09 Å². The van der Waals surface area contributed by atoms with Crippen LogP contribution in [0.5, 0.6) is 0 Å². The van der Waals surface area contributed by atoms with Crippen LogP contribution < -0.4 is 0 Å². The van der Waals surface area contributed by atoms with Gasteiger partial charge in [-0.1, -0.05) is 58.0 Å². The molecule has 3 nitrogen and oxygen atoms in total. The van der Waals surface area contributed by atoms with Crippen molar-refractivity contribution in [3.8, 4) is 0 Å². The van der Waals surface area contributed by atoms with Crippen molar-refractivity contribution in [1.82, 2.24) is 4.67 Å². The molecule has 1 aliphatic rings. The molecule has 22 heavy (non-hydrogen) atoms. The molecule has 0 unspecified atom stereocenters. The lowest BCUT2D eigenvalue weighted by atomic mass is 9.83. The molecule has 0 bridgehead atoms. The second-order valence-corrected chi connectivity index (χ2v) is 9.94. The SMILES string of the molecule is C[C@H](c1ccccc1)N1CCCO[P@]1(=O)C[C@H](C)C(C)(C)C. The maximum atomic E-state index is 13.5. The number of hydrogen-bond acceptors (Lipinski definition) is 2. The Morgan fingerprint density at radius 3 is 2.45 bits per heavy atom. The lowest BCUT2D eigenvalue weighted by molar-refractivity contribution is 0.172. The van der Waals surface area contributed by atoms with Crippen LogP contribution in [0.1, 0.15) is 52.6 Å². The van der Waals surface area contributed by atoms with Crippen LogP contribution >= 0.6 is 7.52 Å². The summed E-state index contributed by atoms with van der Waals surface area (Å²) in [7, 11) is -2.76. The monoisotopic (exact) mass is 323 g/mol. The fourth-order valence-corrected chi connectivity index (χ4v) is 6.02. The van der Waals surface area contributed by atoms with E-state index >= 15 is 0 Å². The van der Waals surface area contributed by atoms with Crippen LogP contribution in [-0.2, 0) is 9.09 Å². The molecule has 0 aromatic heterocycles. The van der Waals surface area contributed by atoms with Crippen LogP contribution in [0.15, 0.2) is 30.3 Å². The zero-order valence-electron chi connectivity index (χ0n) is 14.6. The van der Waals surface area contributed by atoms with Gasteiger partial charge in [0.2, 0.25) is 0 Å². The van der Waals surface area contributed by atoms with Gasteiger partial charge in [0, 0.05) is 18.7 Å². The predicted octanol–water partition coefficient (Wildman–Crippen LogP) is 5.35. The Morgan fingerprint density at radius 2 is 1.86 bits per heavy atom. The highest BCUT2D eigenvalue weighted by Gasteiger charge is 2.41. The van der Waals surface area contributed by atoms with E-state index in [1.54, 1.807) is 0 Å². The number of benzene rings is 1. The van der Waals surface area contributed by atoms with Crippen LogP contribution in [-0.4, -0.2) is 24.0 Å². The van der Waals surface area contributed by atoms with E-state index in [0.717, 1.165) is 13.0 Å². The van der Waals surface area contributed by atoms with Gasteiger partial charge in [0.15, 0.2) is 0 Å². The maximum absolute atomic E-state index is 13.5. The van der Waals surface area contributed by atoms with Crippen LogP contribution in [0.4, 0.5) is 0 Å². The standard InChI is InChI=1S/C18H30NO2P/c1-15(18(3,4)5)14-22(20)19(12-9-13-21-22)16(2)17-10-7-6-8-11-17/h6-8,10-11,15-16H,9,12-14H2,1-5H3/t15-,16+,22+/m0/s1. The zero-order valence-corrected chi connectivity index (χ0v) is 15.5. The molecule has 1 saturated heterocycles. The summed E-state index contributed by atoms with van der Waals surface area (Å²) < 4.78 is 21.5. The van der Waals surface area contributed by atoms with Gasteiger partial charge in [-0.2, -0.15) is 0 Å². The van der Waals surface area contributed by atoms with Crippen molar-refractivity contribution in [2.75, 3.05) is 19.3 Å². The Kier molecular flexibility index (Phi) is 5.53. The van der Waals surface area contributed by atoms with E-state index in [2.05, 4.69) is 51.4 Å². The van der Waals surface area contributed by atoms with E-state index in [9.17, 15) is 4.57 Å². The zero-order chi connectivity index (χ0) is 16.4. The molecule has 1 heterocycles. The van der Waals surface area contributed by atoms with Crippen molar-refractivity contribution in [3.05, 3.63) is 35.9 Å². The minimum absolute atomic E-state index is 0.125. The largest absolute Gasteiger partial charge is 0.317 e. The Bertz CT molecular complexity index is 524. The van der Waals surface area contributed by atoms with Gasteiger partial charge < -0.3 is 4.52 Å². The van der Waals surface area contributed by atoms with Gasteiger partial charge in [0.05, 0.1) is 6.61 Å². The number of hydrogen-bond donors (Lipinski definition) is 0. The molecule has 4 heteroatoms. The topological polar surface area (TPSA) is 29.5 Å². The Morgan fingerprint density at radius 1 is 1.23 bits per heavy atom. The fourth-order valence-electron chi connectivity index (χ4n) is 2.80. The van der Waals surface area contributed by atoms with E-state index in [4.69, 9.17) is 4.52 Å². The third kappa shape index (κ3) is 4.01. The summed E-state index contributed by atoms with van der Waals surface area (Å²) in [6, 6.07) is 10.4. The third-order valence-electron chi connectivity index (χ3n) is 4.93. The highest BCUT2D eigenvalue weighted by molar-refractivity contribution is 7.56. The quantitative estimate of drug-likeness (QED) is 0.700. The lowest BCUT2D eigenvalue weighted by Crippen LogP contribution is -2.34. The summed E-state index contributed by atoms with van der Waals surface area (Å²) in [5.41, 5.74) is 1.34. The van der Waals surface area contributed by atoms with E-state index < -0.39 is 7.52 Å². The van der Waals surface area contributed by atoms with Gasteiger partial charge in [0.25, 0.3) is 7.52 Å². The average molecular weight is 323 g/mol. The molecule has 124 valence electrons. The first-order valence-electron chi connectivity index (χ1n) is 8.30. The summed E-state index contributed by atoms with van der Waals surface area (Å²) >= 11 is 0. The lowest BCUT2D eigenvalue weighted by Gasteiger charge is -2.41. The van der Waals surface area contributed by atoms with E-state index in [-0.39, 0.29) is 11.5 Å². The maximum Gasteiger partial charge on any atom is 0.273 e. The van der Waals surface area contributed by atoms with Gasteiger partial charge in [0.1, 0.15) is 0 Å². The highest BCUT2D eigenvalue weighted by Crippen LogP contribution is 2.59. The van der Waals surface area contributed by atoms with Gasteiger partial charge in [-0.05, 0) is 30.2 Å². The number of rotatable bonds is 4. The molecule has 0 spiro atoms. The van der Waals surface area contributed by atoms with Crippen molar-refractivity contribution in [1.29, 1.82) is 0 Å². The molecule has 0 amide bonds. The smallest absolute Gasteiger partial charge is 0.273 e. The minimum atomic E-state index is -2.76. The first-order valence-corrected chi connectivity index (χ1v) is 10.1. The van der Waals surface area contributed by atoms with Gasteiger partial charge in [-0.3, -0.25) is 4.57 Å². The minimum Gasteiger partial charge on any atom is -0.317 e. The van der Waals surface area contributed by atoms with Crippen molar-refractivity contribution in [2.45, 2.75) is 47.1 Å². The number of nitrogens with zero attached hydrogens (tertiary/aromatic N) is 1. The molecule has 1 aromatic rings. The molecule has 0 radical (unpaired) electrons. The normalized spacial score (nSPS) is 26.6. The molecule has 2 rings (SSSR count). The van der Waals surface area contributed by atoms with Crippen molar-refractivity contribution in [2.24, 2.45) is 11.3 Å². The Labute approximate surface area is 135 Å². The predicted molar refractivity (Wildman–Crippen MR) is 93.2 cm³/mol. The van der Waals surface area contributed by atoms with Gasteiger partial charge in [-0.25, -0.2) is 4.67 Å². The van der Waals surface area contributed by atoms with E-state index in [1.807, 2.05) is 18.2 Å². The molecule has 0 aliphatic carbocycles. The Balaban J connectivity index is 2.22. The summed E-state index contributed by atoms with van der Waals surface area (Å²) in [5, 5.41) is 0. The third-order valence-corrected chi connectivity index (χ3v) is 7.85.